The Bertz CT molecular complexity index is 284. The van der Waals surface area contributed by atoms with Crippen LogP contribution in [0.5, 0.6) is 6.01 Å². The molecule has 1 rings (SSSR count). The van der Waals surface area contributed by atoms with Crippen LogP contribution in [0.4, 0.5) is 0 Å². The molecule has 0 saturated heterocycles. The third-order valence-electron chi connectivity index (χ3n) is 1.35. The predicted octanol–water partition coefficient (Wildman–Crippen LogP) is 0.364. The number of carbonyl (C=O) groups excluding carboxylic acids is 1. The van der Waals surface area contributed by atoms with Crippen LogP contribution in [-0.4, -0.2) is 22.5 Å². The molecule has 2 N–H and O–H groups in total. The van der Waals surface area contributed by atoms with Crippen LogP contribution >= 0.6 is 0 Å². The second-order valence-electron chi connectivity index (χ2n) is 2.47. The third kappa shape index (κ3) is 2.70. The van der Waals surface area contributed by atoms with Crippen LogP contribution in [0.2, 0.25) is 0 Å². The van der Waals surface area contributed by atoms with Gasteiger partial charge in [0.1, 0.15) is 0 Å². The number of primary amides is 1. The standard InChI is InChI=1S/C8H11N3O2/c1-2-3-13-8-10-4-6(5-11-8)7(9)12/h4-5H,2-3H2,1H3,(H2,9,12). The van der Waals surface area contributed by atoms with E-state index in [1.807, 2.05) is 6.92 Å². The van der Waals surface area contributed by atoms with E-state index >= 15 is 0 Å². The number of carbonyl (C=O) groups is 1. The van der Waals surface area contributed by atoms with Gasteiger partial charge in [0.15, 0.2) is 0 Å². The van der Waals surface area contributed by atoms with Gasteiger partial charge in [-0.15, -0.1) is 0 Å². The smallest absolute Gasteiger partial charge is 0.316 e. The number of nitrogens with zero attached hydrogens (tertiary/aromatic N) is 2. The maximum atomic E-state index is 10.6. The Labute approximate surface area is 75.9 Å². The van der Waals surface area contributed by atoms with E-state index in [0.29, 0.717) is 6.61 Å². The maximum absolute atomic E-state index is 10.6. The molecule has 0 saturated carbocycles. The van der Waals surface area contributed by atoms with E-state index in [1.165, 1.54) is 12.4 Å². The Morgan fingerprint density at radius 3 is 2.62 bits per heavy atom. The number of aromatic nitrogens is 2. The number of ether oxygens (including phenoxy) is 1. The first kappa shape index (κ1) is 9.44. The molecule has 0 radical (unpaired) electrons. The maximum Gasteiger partial charge on any atom is 0.316 e. The molecule has 0 aliphatic rings. The fourth-order valence-electron chi connectivity index (χ4n) is 0.711. The second kappa shape index (κ2) is 4.39. The van der Waals surface area contributed by atoms with Crippen LogP contribution in [0, 0.1) is 0 Å². The Balaban J connectivity index is 2.64. The van der Waals surface area contributed by atoms with Crippen molar-refractivity contribution in [1.82, 2.24) is 9.97 Å². The lowest BCUT2D eigenvalue weighted by Crippen LogP contribution is -2.12. The molecule has 1 aromatic heterocycles. The van der Waals surface area contributed by atoms with Crippen molar-refractivity contribution in [2.75, 3.05) is 6.61 Å². The van der Waals surface area contributed by atoms with E-state index in [2.05, 4.69) is 9.97 Å². The summed E-state index contributed by atoms with van der Waals surface area (Å²) in [6, 6.07) is 0.270. The van der Waals surface area contributed by atoms with Crippen molar-refractivity contribution in [3.05, 3.63) is 18.0 Å². The molecular formula is C8H11N3O2. The van der Waals surface area contributed by atoms with Gasteiger partial charge in [0.2, 0.25) is 0 Å². The van der Waals surface area contributed by atoms with Crippen molar-refractivity contribution < 1.29 is 9.53 Å². The first-order chi connectivity index (χ1) is 6.24. The van der Waals surface area contributed by atoms with E-state index in [4.69, 9.17) is 10.5 Å². The van der Waals surface area contributed by atoms with E-state index < -0.39 is 5.91 Å². The summed E-state index contributed by atoms with van der Waals surface area (Å²) in [6.45, 7) is 2.55. The van der Waals surface area contributed by atoms with Crippen molar-refractivity contribution in [3.63, 3.8) is 0 Å². The molecule has 0 aliphatic carbocycles. The van der Waals surface area contributed by atoms with Crippen molar-refractivity contribution in [1.29, 1.82) is 0 Å². The van der Waals surface area contributed by atoms with E-state index in [1.54, 1.807) is 0 Å². The molecular weight excluding hydrogens is 170 g/mol. The minimum Gasteiger partial charge on any atom is -0.463 e. The Morgan fingerprint density at radius 1 is 1.54 bits per heavy atom. The van der Waals surface area contributed by atoms with Crippen molar-refractivity contribution in [2.45, 2.75) is 13.3 Å². The summed E-state index contributed by atoms with van der Waals surface area (Å²) in [7, 11) is 0. The average Bonchev–Trinajstić information content (AvgIpc) is 2.15. The van der Waals surface area contributed by atoms with Gasteiger partial charge in [0, 0.05) is 12.4 Å². The monoisotopic (exact) mass is 181 g/mol. The van der Waals surface area contributed by atoms with Crippen LogP contribution in [0.15, 0.2) is 12.4 Å². The molecule has 0 aliphatic heterocycles. The number of hydrogen-bond acceptors (Lipinski definition) is 4. The van der Waals surface area contributed by atoms with E-state index in [-0.39, 0.29) is 11.6 Å². The zero-order valence-electron chi connectivity index (χ0n) is 7.36. The summed E-state index contributed by atoms with van der Waals surface area (Å²) < 4.78 is 5.12. The summed E-state index contributed by atoms with van der Waals surface area (Å²) in [6.07, 6.45) is 3.58. The number of amides is 1. The van der Waals surface area contributed by atoms with Crippen LogP contribution in [0.25, 0.3) is 0 Å². The summed E-state index contributed by atoms with van der Waals surface area (Å²) in [4.78, 5) is 18.2. The highest BCUT2D eigenvalue weighted by Gasteiger charge is 2.01. The molecule has 5 heteroatoms. The SMILES string of the molecule is CCCOc1ncc(C(N)=O)cn1. The Morgan fingerprint density at radius 2 is 2.15 bits per heavy atom. The van der Waals surface area contributed by atoms with E-state index in [0.717, 1.165) is 6.42 Å². The third-order valence-corrected chi connectivity index (χ3v) is 1.35. The van der Waals surface area contributed by atoms with Crippen molar-refractivity contribution in [3.8, 4) is 6.01 Å². The van der Waals surface area contributed by atoms with Gasteiger partial charge in [-0.3, -0.25) is 4.79 Å². The fourth-order valence-corrected chi connectivity index (χ4v) is 0.711. The van der Waals surface area contributed by atoms with Gasteiger partial charge in [0.05, 0.1) is 12.2 Å². The first-order valence-corrected chi connectivity index (χ1v) is 3.98. The largest absolute Gasteiger partial charge is 0.463 e. The van der Waals surface area contributed by atoms with Gasteiger partial charge < -0.3 is 10.5 Å². The Kier molecular flexibility index (Phi) is 3.19. The average molecular weight is 181 g/mol. The van der Waals surface area contributed by atoms with Crippen molar-refractivity contribution >= 4 is 5.91 Å². The van der Waals surface area contributed by atoms with Crippen LogP contribution in [0.1, 0.15) is 23.7 Å². The highest BCUT2D eigenvalue weighted by Crippen LogP contribution is 2.01. The predicted molar refractivity (Wildman–Crippen MR) is 46.3 cm³/mol. The van der Waals surface area contributed by atoms with E-state index in [9.17, 15) is 4.79 Å². The molecule has 70 valence electrons. The number of nitrogens with two attached hydrogens (primary N) is 1. The molecule has 1 aromatic rings. The lowest BCUT2D eigenvalue weighted by atomic mass is 10.3. The fraction of sp³-hybridized carbons (Fsp3) is 0.375. The van der Waals surface area contributed by atoms with Gasteiger partial charge >= 0.3 is 6.01 Å². The molecule has 13 heavy (non-hydrogen) atoms. The lowest BCUT2D eigenvalue weighted by molar-refractivity contribution is 0.0999. The van der Waals surface area contributed by atoms with Gasteiger partial charge in [-0.2, -0.15) is 0 Å². The molecule has 0 atom stereocenters. The minimum absolute atomic E-state index is 0.270. The molecule has 5 nitrogen and oxygen atoms in total. The summed E-state index contributed by atoms with van der Waals surface area (Å²) >= 11 is 0. The van der Waals surface area contributed by atoms with Crippen molar-refractivity contribution in [2.24, 2.45) is 5.73 Å². The molecule has 1 heterocycles. The molecule has 0 unspecified atom stereocenters. The zero-order chi connectivity index (χ0) is 9.68. The summed E-state index contributed by atoms with van der Waals surface area (Å²) in [5.41, 5.74) is 5.29. The lowest BCUT2D eigenvalue weighted by Gasteiger charge is -2.01. The quantitative estimate of drug-likeness (QED) is 0.727. The second-order valence-corrected chi connectivity index (χ2v) is 2.47. The molecule has 1 amide bonds. The highest BCUT2D eigenvalue weighted by atomic mass is 16.5. The summed E-state index contributed by atoms with van der Waals surface area (Å²) in [5, 5.41) is 0. The van der Waals surface area contributed by atoms with Gasteiger partial charge in [-0.05, 0) is 6.42 Å². The highest BCUT2D eigenvalue weighted by molar-refractivity contribution is 5.92. The van der Waals surface area contributed by atoms with Crippen LogP contribution < -0.4 is 10.5 Å². The number of rotatable bonds is 4. The van der Waals surface area contributed by atoms with Gasteiger partial charge in [-0.25, -0.2) is 9.97 Å². The normalized spacial score (nSPS) is 9.62. The molecule has 0 aromatic carbocycles. The van der Waals surface area contributed by atoms with Crippen LogP contribution in [-0.2, 0) is 0 Å². The summed E-state index contributed by atoms with van der Waals surface area (Å²) in [5.74, 6) is -0.540. The van der Waals surface area contributed by atoms with Gasteiger partial charge in [-0.1, -0.05) is 6.92 Å². The van der Waals surface area contributed by atoms with Crippen LogP contribution in [0.3, 0.4) is 0 Å². The topological polar surface area (TPSA) is 78.1 Å². The molecule has 0 fully saturated rings. The zero-order valence-corrected chi connectivity index (χ0v) is 7.36. The minimum atomic E-state index is -0.540. The van der Waals surface area contributed by atoms with Gasteiger partial charge in [0.25, 0.3) is 5.91 Å². The molecule has 0 spiro atoms. The first-order valence-electron chi connectivity index (χ1n) is 3.98. The number of hydrogen-bond donors (Lipinski definition) is 1. The molecule has 0 bridgehead atoms. The Hall–Kier alpha value is -1.65.